The molecule has 0 amide bonds. The summed E-state index contributed by atoms with van der Waals surface area (Å²) in [6, 6.07) is 19.3. The molecule has 6 heteroatoms. The lowest BCUT2D eigenvalue weighted by molar-refractivity contribution is 0.0889. The lowest BCUT2D eigenvalue weighted by Gasteiger charge is -2.29. The average Bonchev–Trinajstić information content (AvgIpc) is 2.80. The van der Waals surface area contributed by atoms with Crippen LogP contribution >= 0.6 is 0 Å². The van der Waals surface area contributed by atoms with Gasteiger partial charge in [0.05, 0.1) is 12.7 Å². The first-order chi connectivity index (χ1) is 15.1. The Morgan fingerprint density at radius 3 is 2.55 bits per heavy atom. The monoisotopic (exact) mass is 417 g/mol. The van der Waals surface area contributed by atoms with E-state index in [4.69, 9.17) is 13.9 Å². The van der Waals surface area contributed by atoms with Gasteiger partial charge in [0.15, 0.2) is 0 Å². The Bertz CT molecular complexity index is 1300. The van der Waals surface area contributed by atoms with Gasteiger partial charge in [0, 0.05) is 24.5 Å². The predicted octanol–water partition coefficient (Wildman–Crippen LogP) is 4.96. The van der Waals surface area contributed by atoms with Crippen LogP contribution in [0.4, 0.5) is 4.39 Å². The van der Waals surface area contributed by atoms with E-state index in [9.17, 15) is 9.18 Å². The lowest BCUT2D eigenvalue weighted by atomic mass is 9.99. The van der Waals surface area contributed by atoms with E-state index in [2.05, 4.69) is 4.90 Å². The normalized spacial score (nSPS) is 13.6. The molecule has 0 saturated carbocycles. The third-order valence-corrected chi connectivity index (χ3v) is 5.48. The maximum Gasteiger partial charge on any atom is 0.336 e. The van der Waals surface area contributed by atoms with E-state index in [1.165, 1.54) is 18.2 Å². The highest BCUT2D eigenvalue weighted by Crippen LogP contribution is 2.36. The number of halogens is 1. The van der Waals surface area contributed by atoms with Gasteiger partial charge in [0.1, 0.15) is 29.6 Å². The van der Waals surface area contributed by atoms with Crippen LogP contribution in [0.15, 0.2) is 75.9 Å². The van der Waals surface area contributed by atoms with Crippen molar-refractivity contribution < 1.29 is 18.3 Å². The van der Waals surface area contributed by atoms with Gasteiger partial charge in [-0.3, -0.25) is 4.90 Å². The summed E-state index contributed by atoms with van der Waals surface area (Å²) in [5.41, 5.74) is 3.63. The Morgan fingerprint density at radius 2 is 1.81 bits per heavy atom. The van der Waals surface area contributed by atoms with Crippen molar-refractivity contribution in [1.82, 2.24) is 4.90 Å². The zero-order valence-corrected chi connectivity index (χ0v) is 16.9. The fourth-order valence-electron chi connectivity index (χ4n) is 3.94. The largest absolute Gasteiger partial charge is 0.497 e. The lowest BCUT2D eigenvalue weighted by Crippen LogP contribution is -2.31. The van der Waals surface area contributed by atoms with Crippen LogP contribution in [0.25, 0.3) is 22.1 Å². The molecule has 31 heavy (non-hydrogen) atoms. The van der Waals surface area contributed by atoms with Crippen molar-refractivity contribution >= 4 is 11.0 Å². The molecule has 3 aromatic carbocycles. The summed E-state index contributed by atoms with van der Waals surface area (Å²) >= 11 is 0. The van der Waals surface area contributed by atoms with Crippen molar-refractivity contribution in [3.63, 3.8) is 0 Å². The molecule has 5 rings (SSSR count). The molecule has 0 N–H and O–H groups in total. The summed E-state index contributed by atoms with van der Waals surface area (Å²) in [7, 11) is 1.62. The van der Waals surface area contributed by atoms with Gasteiger partial charge in [-0.2, -0.15) is 0 Å². The van der Waals surface area contributed by atoms with Crippen molar-refractivity contribution in [2.75, 3.05) is 13.8 Å². The first-order valence-corrected chi connectivity index (χ1v) is 9.94. The van der Waals surface area contributed by atoms with Crippen LogP contribution in [-0.4, -0.2) is 18.7 Å². The van der Waals surface area contributed by atoms with Crippen molar-refractivity contribution in [1.29, 1.82) is 0 Å². The first kappa shape index (κ1) is 19.3. The molecule has 0 bridgehead atoms. The molecule has 4 aromatic rings. The fraction of sp³-hybridized carbons (Fsp3) is 0.160. The van der Waals surface area contributed by atoms with Crippen molar-refractivity contribution in [2.45, 2.75) is 13.1 Å². The van der Waals surface area contributed by atoms with E-state index < -0.39 is 5.63 Å². The Morgan fingerprint density at radius 1 is 1.03 bits per heavy atom. The first-order valence-electron chi connectivity index (χ1n) is 9.94. The topological polar surface area (TPSA) is 51.9 Å². The molecule has 0 radical (unpaired) electrons. The van der Waals surface area contributed by atoms with Crippen LogP contribution in [-0.2, 0) is 13.1 Å². The molecule has 0 aliphatic carbocycles. The minimum atomic E-state index is -0.414. The summed E-state index contributed by atoms with van der Waals surface area (Å²) in [4.78, 5) is 14.5. The molecule has 1 aliphatic rings. The number of hydrogen-bond donors (Lipinski definition) is 0. The minimum Gasteiger partial charge on any atom is -0.497 e. The Kier molecular flexibility index (Phi) is 4.92. The summed E-state index contributed by atoms with van der Waals surface area (Å²) in [6.07, 6.45) is 0. The molecular formula is C25H20FNO4. The summed E-state index contributed by atoms with van der Waals surface area (Å²) < 4.78 is 30.0. The molecular weight excluding hydrogens is 397 g/mol. The van der Waals surface area contributed by atoms with Crippen LogP contribution in [0.5, 0.6) is 11.5 Å². The molecule has 0 atom stereocenters. The van der Waals surface area contributed by atoms with Gasteiger partial charge in [0.2, 0.25) is 0 Å². The van der Waals surface area contributed by atoms with E-state index in [1.54, 1.807) is 19.2 Å². The molecule has 1 aromatic heterocycles. The van der Waals surface area contributed by atoms with Crippen LogP contribution in [0.1, 0.15) is 11.1 Å². The van der Waals surface area contributed by atoms with Crippen LogP contribution in [0.3, 0.4) is 0 Å². The van der Waals surface area contributed by atoms with Crippen LogP contribution in [0, 0.1) is 5.82 Å². The van der Waals surface area contributed by atoms with Gasteiger partial charge >= 0.3 is 5.63 Å². The standard InChI is InChI=1S/C25H20FNO4/c1-29-19-8-4-17(5-9-19)21-12-24(28)31-25-20(21)10-11-23-22(25)14-27(15-30-23)13-16-2-6-18(26)7-3-16/h2-12H,13-15H2,1H3. The van der Waals surface area contributed by atoms with Crippen molar-refractivity contribution in [2.24, 2.45) is 0 Å². The number of ether oxygens (including phenoxy) is 2. The highest BCUT2D eigenvalue weighted by Gasteiger charge is 2.23. The SMILES string of the molecule is COc1ccc(-c2cc(=O)oc3c4c(ccc23)OCN(Cc2ccc(F)cc2)C4)cc1. The summed E-state index contributed by atoms with van der Waals surface area (Å²) in [5.74, 6) is 1.19. The zero-order valence-electron chi connectivity index (χ0n) is 16.9. The second-order valence-corrected chi connectivity index (χ2v) is 7.51. The van der Waals surface area contributed by atoms with Gasteiger partial charge in [0.25, 0.3) is 0 Å². The van der Waals surface area contributed by atoms with Crippen LogP contribution < -0.4 is 15.1 Å². The molecule has 0 spiro atoms. The fourth-order valence-corrected chi connectivity index (χ4v) is 3.94. The number of fused-ring (bicyclic) bond motifs is 3. The predicted molar refractivity (Wildman–Crippen MR) is 116 cm³/mol. The van der Waals surface area contributed by atoms with Gasteiger partial charge in [-0.1, -0.05) is 24.3 Å². The zero-order chi connectivity index (χ0) is 21.4. The minimum absolute atomic E-state index is 0.261. The van der Waals surface area contributed by atoms with Crippen LogP contribution in [0.2, 0.25) is 0 Å². The Hall–Kier alpha value is -3.64. The summed E-state index contributed by atoms with van der Waals surface area (Å²) in [6.45, 7) is 1.55. The van der Waals surface area contributed by atoms with Crippen molar-refractivity contribution in [3.05, 3.63) is 94.1 Å². The molecule has 2 heterocycles. The van der Waals surface area contributed by atoms with E-state index in [-0.39, 0.29) is 5.82 Å². The van der Waals surface area contributed by atoms with E-state index >= 15 is 0 Å². The molecule has 1 aliphatic heterocycles. The highest BCUT2D eigenvalue weighted by atomic mass is 19.1. The molecule has 5 nitrogen and oxygen atoms in total. The molecule has 156 valence electrons. The molecule has 0 unspecified atom stereocenters. The van der Waals surface area contributed by atoms with Gasteiger partial charge in [-0.15, -0.1) is 0 Å². The van der Waals surface area contributed by atoms with E-state index in [0.717, 1.165) is 33.4 Å². The summed E-state index contributed by atoms with van der Waals surface area (Å²) in [5, 5.41) is 0.843. The average molecular weight is 417 g/mol. The Labute approximate surface area is 178 Å². The van der Waals surface area contributed by atoms with Gasteiger partial charge < -0.3 is 13.9 Å². The molecule has 0 fully saturated rings. The third kappa shape index (κ3) is 3.78. The number of hydrogen-bond acceptors (Lipinski definition) is 5. The second kappa shape index (κ2) is 7.89. The van der Waals surface area contributed by atoms with Gasteiger partial charge in [-0.05, 0) is 53.1 Å². The maximum atomic E-state index is 13.2. The third-order valence-electron chi connectivity index (χ3n) is 5.48. The quantitative estimate of drug-likeness (QED) is 0.440. The number of methoxy groups -OCH3 is 1. The Balaban J connectivity index is 1.54. The number of nitrogens with zero attached hydrogens (tertiary/aromatic N) is 1. The molecule has 0 saturated heterocycles. The number of rotatable bonds is 4. The van der Waals surface area contributed by atoms with E-state index in [1.807, 2.05) is 36.4 Å². The van der Waals surface area contributed by atoms with E-state index in [0.29, 0.717) is 31.2 Å². The second-order valence-electron chi connectivity index (χ2n) is 7.51. The van der Waals surface area contributed by atoms with Crippen molar-refractivity contribution in [3.8, 4) is 22.6 Å². The maximum absolute atomic E-state index is 13.2. The highest BCUT2D eigenvalue weighted by molar-refractivity contribution is 5.95. The smallest absolute Gasteiger partial charge is 0.336 e. The van der Waals surface area contributed by atoms with Gasteiger partial charge in [-0.25, -0.2) is 9.18 Å². The number of benzene rings is 3.